The molecule has 0 N–H and O–H groups in total. The van der Waals surface area contributed by atoms with E-state index in [2.05, 4.69) is 11.2 Å². The summed E-state index contributed by atoms with van der Waals surface area (Å²) in [6, 6.07) is 8.06. The second-order valence-corrected chi connectivity index (χ2v) is 9.28. The van der Waals surface area contributed by atoms with Gasteiger partial charge in [-0.15, -0.1) is 0 Å². The zero-order valence-electron chi connectivity index (χ0n) is 15.7. The van der Waals surface area contributed by atoms with E-state index >= 15 is 0 Å². The fourth-order valence-corrected chi connectivity index (χ4v) is 5.46. The first-order chi connectivity index (χ1) is 13.5. The minimum Gasteiger partial charge on any atom is -0.381 e. The van der Waals surface area contributed by atoms with Crippen LogP contribution >= 0.6 is 23.5 Å². The molecule has 2 aliphatic rings. The monoisotopic (exact) mass is 412 g/mol. The van der Waals surface area contributed by atoms with E-state index in [9.17, 15) is 10.1 Å². The molecule has 0 radical (unpaired) electrons. The van der Waals surface area contributed by atoms with Gasteiger partial charge in [-0.25, -0.2) is 4.68 Å². The van der Waals surface area contributed by atoms with Gasteiger partial charge in [0.1, 0.15) is 4.38 Å². The van der Waals surface area contributed by atoms with Gasteiger partial charge in [0.25, 0.3) is 5.56 Å². The van der Waals surface area contributed by atoms with Gasteiger partial charge in [-0.3, -0.25) is 9.79 Å². The Balaban J connectivity index is 1.52. The summed E-state index contributed by atoms with van der Waals surface area (Å²) in [7, 11) is 0. The van der Waals surface area contributed by atoms with E-state index in [-0.39, 0.29) is 11.6 Å². The van der Waals surface area contributed by atoms with Crippen molar-refractivity contribution in [2.75, 3.05) is 13.2 Å². The Hall–Kier alpha value is -2.08. The van der Waals surface area contributed by atoms with E-state index in [0.717, 1.165) is 21.1 Å². The predicted octanol–water partition coefficient (Wildman–Crippen LogP) is 3.53. The van der Waals surface area contributed by atoms with Gasteiger partial charge in [-0.05, 0) is 31.0 Å². The summed E-state index contributed by atoms with van der Waals surface area (Å²) >= 11 is 2.99. The summed E-state index contributed by atoms with van der Waals surface area (Å²) in [6.07, 6.45) is 1.77. The van der Waals surface area contributed by atoms with Crippen LogP contribution in [0.5, 0.6) is 0 Å². The summed E-state index contributed by atoms with van der Waals surface area (Å²) in [4.78, 5) is 18.4. The average molecular weight is 413 g/mol. The van der Waals surface area contributed by atoms with Crippen LogP contribution in [0, 0.1) is 24.2 Å². The van der Waals surface area contributed by atoms with Gasteiger partial charge in [0.05, 0.1) is 48.5 Å². The van der Waals surface area contributed by atoms with E-state index in [1.165, 1.54) is 11.8 Å². The number of nitriles is 1. The highest BCUT2D eigenvalue weighted by molar-refractivity contribution is 8.38. The maximum atomic E-state index is 12.9. The van der Waals surface area contributed by atoms with Crippen molar-refractivity contribution < 1.29 is 4.74 Å². The van der Waals surface area contributed by atoms with Crippen molar-refractivity contribution in [3.05, 3.63) is 57.0 Å². The lowest BCUT2D eigenvalue weighted by Crippen LogP contribution is -2.37. The first kappa shape index (κ1) is 19.2. The predicted molar refractivity (Wildman–Crippen MR) is 112 cm³/mol. The summed E-state index contributed by atoms with van der Waals surface area (Å²) in [5.41, 5.74) is 3.58. The smallest absolute Gasteiger partial charge is 0.281 e. The Morgan fingerprint density at radius 3 is 2.96 bits per heavy atom. The number of aryl methyl sites for hydroxylation is 1. The molecule has 2 aliphatic heterocycles. The summed E-state index contributed by atoms with van der Waals surface area (Å²) in [5, 5.41) is 13.7. The Morgan fingerprint density at radius 1 is 1.43 bits per heavy atom. The SMILES string of the molecule is Cc1ccc(CSC2=NC(C)c3cnn(CC4COC4)c(=O)c3S2)c(C#N)c1. The lowest BCUT2D eigenvalue weighted by Gasteiger charge is -2.26. The van der Waals surface area contributed by atoms with Crippen LogP contribution in [0.25, 0.3) is 0 Å². The van der Waals surface area contributed by atoms with E-state index in [0.29, 0.717) is 41.9 Å². The molecule has 6 nitrogen and oxygen atoms in total. The molecule has 1 fully saturated rings. The van der Waals surface area contributed by atoms with Gasteiger partial charge in [0, 0.05) is 17.2 Å². The Labute approximate surface area is 172 Å². The summed E-state index contributed by atoms with van der Waals surface area (Å²) < 4.78 is 7.60. The molecular formula is C20H20N4O2S2. The highest BCUT2D eigenvalue weighted by Gasteiger charge is 2.26. The number of ether oxygens (including phenoxy) is 1. The molecule has 0 spiro atoms. The van der Waals surface area contributed by atoms with E-state index < -0.39 is 0 Å². The molecule has 0 aliphatic carbocycles. The largest absolute Gasteiger partial charge is 0.381 e. The molecule has 2 aromatic rings. The molecule has 8 heteroatoms. The van der Waals surface area contributed by atoms with E-state index in [1.807, 2.05) is 32.0 Å². The second-order valence-electron chi connectivity index (χ2n) is 7.05. The molecule has 28 heavy (non-hydrogen) atoms. The molecule has 1 unspecified atom stereocenters. The quantitative estimate of drug-likeness (QED) is 0.764. The van der Waals surface area contributed by atoms with Gasteiger partial charge < -0.3 is 4.74 Å². The van der Waals surface area contributed by atoms with Crippen molar-refractivity contribution >= 4 is 27.9 Å². The number of rotatable bonds is 4. The van der Waals surface area contributed by atoms with Crippen molar-refractivity contribution in [2.45, 2.75) is 37.1 Å². The van der Waals surface area contributed by atoms with Gasteiger partial charge in [-0.1, -0.05) is 35.7 Å². The Kier molecular flexibility index (Phi) is 5.58. The highest BCUT2D eigenvalue weighted by Crippen LogP contribution is 2.38. The Morgan fingerprint density at radius 2 is 2.25 bits per heavy atom. The van der Waals surface area contributed by atoms with Crippen LogP contribution in [0.3, 0.4) is 0 Å². The number of aliphatic imine (C=N–C) groups is 1. The fraction of sp³-hybridized carbons (Fsp3) is 0.400. The van der Waals surface area contributed by atoms with Crippen molar-refractivity contribution in [3.8, 4) is 6.07 Å². The number of fused-ring (bicyclic) bond motifs is 1. The van der Waals surface area contributed by atoms with Crippen LogP contribution in [0.2, 0.25) is 0 Å². The van der Waals surface area contributed by atoms with Crippen molar-refractivity contribution in [1.82, 2.24) is 9.78 Å². The lowest BCUT2D eigenvalue weighted by molar-refractivity contribution is -0.0415. The first-order valence-electron chi connectivity index (χ1n) is 9.11. The maximum Gasteiger partial charge on any atom is 0.281 e. The number of benzene rings is 1. The van der Waals surface area contributed by atoms with Crippen LogP contribution in [0.1, 0.15) is 35.2 Å². The molecule has 1 atom stereocenters. The molecule has 1 aromatic heterocycles. The molecule has 1 aromatic carbocycles. The minimum atomic E-state index is -0.103. The third-order valence-corrected chi connectivity index (χ3v) is 7.15. The molecule has 0 amide bonds. The molecular weight excluding hydrogens is 392 g/mol. The van der Waals surface area contributed by atoms with Crippen LogP contribution in [-0.4, -0.2) is 27.4 Å². The zero-order chi connectivity index (χ0) is 19.7. The third-order valence-electron chi connectivity index (χ3n) is 4.84. The van der Waals surface area contributed by atoms with Crippen molar-refractivity contribution in [2.24, 2.45) is 10.9 Å². The number of aromatic nitrogens is 2. The fourth-order valence-electron chi connectivity index (χ4n) is 3.12. The van der Waals surface area contributed by atoms with Gasteiger partial charge in [-0.2, -0.15) is 10.4 Å². The summed E-state index contributed by atoms with van der Waals surface area (Å²) in [5.74, 6) is 1.01. The van der Waals surface area contributed by atoms with Gasteiger partial charge >= 0.3 is 0 Å². The van der Waals surface area contributed by atoms with E-state index in [4.69, 9.17) is 9.73 Å². The molecule has 4 rings (SSSR count). The molecule has 0 saturated carbocycles. The molecule has 0 bridgehead atoms. The lowest BCUT2D eigenvalue weighted by atomic mass is 10.1. The van der Waals surface area contributed by atoms with Crippen LogP contribution in [0.15, 0.2) is 39.1 Å². The first-order valence-corrected chi connectivity index (χ1v) is 10.9. The molecule has 1 saturated heterocycles. The van der Waals surface area contributed by atoms with Gasteiger partial charge in [0.2, 0.25) is 0 Å². The number of nitrogens with zero attached hydrogens (tertiary/aromatic N) is 4. The third kappa shape index (κ3) is 3.88. The second kappa shape index (κ2) is 8.11. The standard InChI is InChI=1S/C20H20N4O2S2/c1-12-3-4-15(16(5-12)6-21)11-27-20-23-13(2)17-7-22-24(8-14-9-26-10-14)19(25)18(17)28-20/h3-5,7,13-14H,8-11H2,1-2H3. The van der Waals surface area contributed by atoms with Crippen molar-refractivity contribution in [1.29, 1.82) is 5.26 Å². The van der Waals surface area contributed by atoms with Crippen LogP contribution in [0.4, 0.5) is 0 Å². The Bertz CT molecular complexity index is 1040. The number of hydrogen-bond donors (Lipinski definition) is 0. The normalized spacial score (nSPS) is 18.8. The van der Waals surface area contributed by atoms with E-state index in [1.54, 1.807) is 22.6 Å². The highest BCUT2D eigenvalue weighted by atomic mass is 32.2. The number of hydrogen-bond acceptors (Lipinski definition) is 7. The van der Waals surface area contributed by atoms with Crippen LogP contribution in [-0.2, 0) is 17.0 Å². The molecule has 3 heterocycles. The van der Waals surface area contributed by atoms with Crippen LogP contribution < -0.4 is 5.56 Å². The topological polar surface area (TPSA) is 80.3 Å². The summed E-state index contributed by atoms with van der Waals surface area (Å²) in [6.45, 7) is 5.93. The average Bonchev–Trinajstić information content (AvgIpc) is 2.65. The molecule has 144 valence electrons. The van der Waals surface area contributed by atoms with Crippen molar-refractivity contribution in [3.63, 3.8) is 0 Å². The number of thioether (sulfide) groups is 2. The minimum absolute atomic E-state index is 0.0534. The maximum absolute atomic E-state index is 12.9. The van der Waals surface area contributed by atoms with Gasteiger partial charge in [0.15, 0.2) is 0 Å². The zero-order valence-corrected chi connectivity index (χ0v) is 17.3.